The first-order chi connectivity index (χ1) is 13.2. The Bertz CT molecular complexity index is 759. The summed E-state index contributed by atoms with van der Waals surface area (Å²) in [6.07, 6.45) is 7.31. The van der Waals surface area contributed by atoms with E-state index in [4.69, 9.17) is 4.74 Å². The molecule has 1 aliphatic carbocycles. The number of aromatic nitrogens is 2. The van der Waals surface area contributed by atoms with Crippen LogP contribution in [0.1, 0.15) is 44.6 Å². The maximum absolute atomic E-state index is 12.7. The van der Waals surface area contributed by atoms with E-state index < -0.39 is 0 Å². The van der Waals surface area contributed by atoms with Gasteiger partial charge < -0.3 is 4.74 Å². The highest BCUT2D eigenvalue weighted by Gasteiger charge is 2.46. The molecule has 144 valence electrons. The molecule has 0 unspecified atom stereocenters. The third-order valence-electron chi connectivity index (χ3n) is 6.07. The summed E-state index contributed by atoms with van der Waals surface area (Å²) in [5, 5.41) is 7.41. The lowest BCUT2D eigenvalue weighted by Gasteiger charge is -2.40. The molecule has 0 amide bonds. The SMILES string of the molecule is CCOC(=O)C1(CC2CC2)CCN(Cc2cn[nH]c2-c2ccccc2)CC1. The van der Waals surface area contributed by atoms with Crippen molar-refractivity contribution < 1.29 is 9.53 Å². The molecule has 27 heavy (non-hydrogen) atoms. The van der Waals surface area contributed by atoms with E-state index in [1.165, 1.54) is 18.4 Å². The Morgan fingerprint density at radius 3 is 2.67 bits per heavy atom. The van der Waals surface area contributed by atoms with Crippen molar-refractivity contribution in [2.45, 2.75) is 45.6 Å². The predicted molar refractivity (Wildman–Crippen MR) is 105 cm³/mol. The number of piperidine rings is 1. The molecule has 1 aliphatic heterocycles. The zero-order valence-electron chi connectivity index (χ0n) is 16.1. The number of rotatable bonds is 7. The molecule has 0 radical (unpaired) electrons. The second kappa shape index (κ2) is 7.85. The number of aromatic amines is 1. The normalized spacial score (nSPS) is 19.7. The van der Waals surface area contributed by atoms with Crippen LogP contribution in [0.2, 0.25) is 0 Å². The van der Waals surface area contributed by atoms with Crippen molar-refractivity contribution in [1.82, 2.24) is 15.1 Å². The highest BCUT2D eigenvalue weighted by molar-refractivity contribution is 5.77. The van der Waals surface area contributed by atoms with Gasteiger partial charge in [-0.25, -0.2) is 0 Å². The van der Waals surface area contributed by atoms with Crippen molar-refractivity contribution in [3.05, 3.63) is 42.1 Å². The number of nitrogens with one attached hydrogen (secondary N) is 1. The van der Waals surface area contributed by atoms with Gasteiger partial charge in [-0.05, 0) is 50.8 Å². The first-order valence-corrected chi connectivity index (χ1v) is 10.2. The number of hydrogen-bond acceptors (Lipinski definition) is 4. The summed E-state index contributed by atoms with van der Waals surface area (Å²) in [6.45, 7) is 5.12. The van der Waals surface area contributed by atoms with Gasteiger partial charge in [0.2, 0.25) is 0 Å². The monoisotopic (exact) mass is 367 g/mol. The van der Waals surface area contributed by atoms with Gasteiger partial charge in [0.15, 0.2) is 0 Å². The summed E-state index contributed by atoms with van der Waals surface area (Å²) in [7, 11) is 0. The summed E-state index contributed by atoms with van der Waals surface area (Å²) < 4.78 is 5.46. The lowest BCUT2D eigenvalue weighted by Crippen LogP contribution is -2.45. The smallest absolute Gasteiger partial charge is 0.312 e. The molecule has 1 saturated heterocycles. The van der Waals surface area contributed by atoms with E-state index in [2.05, 4.69) is 27.2 Å². The van der Waals surface area contributed by atoms with Gasteiger partial charge in [-0.1, -0.05) is 43.2 Å². The summed E-state index contributed by atoms with van der Waals surface area (Å²) in [5.74, 6) is 0.768. The topological polar surface area (TPSA) is 58.2 Å². The first-order valence-electron chi connectivity index (χ1n) is 10.2. The van der Waals surface area contributed by atoms with E-state index in [1.807, 2.05) is 31.3 Å². The Morgan fingerprint density at radius 1 is 1.26 bits per heavy atom. The molecule has 5 heteroatoms. The lowest BCUT2D eigenvalue weighted by atomic mass is 9.74. The Kier molecular flexibility index (Phi) is 5.30. The maximum Gasteiger partial charge on any atom is 0.312 e. The minimum atomic E-state index is -0.258. The number of likely N-dealkylation sites (tertiary alicyclic amines) is 1. The number of benzene rings is 1. The fourth-order valence-corrected chi connectivity index (χ4v) is 4.32. The molecule has 1 aromatic carbocycles. The minimum Gasteiger partial charge on any atom is -0.466 e. The maximum atomic E-state index is 12.7. The highest BCUT2D eigenvalue weighted by Crippen LogP contribution is 2.46. The Balaban J connectivity index is 1.42. The highest BCUT2D eigenvalue weighted by atomic mass is 16.5. The molecule has 5 nitrogen and oxygen atoms in total. The van der Waals surface area contributed by atoms with Gasteiger partial charge in [-0.3, -0.25) is 14.8 Å². The first kappa shape index (κ1) is 18.2. The molecule has 2 heterocycles. The summed E-state index contributed by atoms with van der Waals surface area (Å²) in [6, 6.07) is 10.3. The van der Waals surface area contributed by atoms with Crippen LogP contribution in [0.15, 0.2) is 36.5 Å². The van der Waals surface area contributed by atoms with Gasteiger partial charge in [0.25, 0.3) is 0 Å². The Morgan fingerprint density at radius 2 is 2.00 bits per heavy atom. The van der Waals surface area contributed by atoms with Crippen molar-refractivity contribution in [2.24, 2.45) is 11.3 Å². The van der Waals surface area contributed by atoms with Gasteiger partial charge in [0, 0.05) is 12.1 Å². The van der Waals surface area contributed by atoms with Gasteiger partial charge in [0.1, 0.15) is 0 Å². The molecule has 2 fully saturated rings. The summed E-state index contributed by atoms with van der Waals surface area (Å²) in [5.41, 5.74) is 3.21. The molecule has 4 rings (SSSR count). The quantitative estimate of drug-likeness (QED) is 0.751. The van der Waals surface area contributed by atoms with Crippen molar-refractivity contribution in [3.8, 4) is 11.3 Å². The molecule has 0 spiro atoms. The van der Waals surface area contributed by atoms with Crippen molar-refractivity contribution in [3.63, 3.8) is 0 Å². The number of carbonyl (C=O) groups is 1. The van der Waals surface area contributed by atoms with Crippen LogP contribution < -0.4 is 0 Å². The van der Waals surface area contributed by atoms with Crippen LogP contribution in [0.4, 0.5) is 0 Å². The van der Waals surface area contributed by atoms with Crippen LogP contribution in [0.25, 0.3) is 11.3 Å². The molecule has 2 aromatic rings. The van der Waals surface area contributed by atoms with E-state index >= 15 is 0 Å². The van der Waals surface area contributed by atoms with Crippen LogP contribution in [-0.2, 0) is 16.1 Å². The molecule has 1 aromatic heterocycles. The Labute approximate surface area is 161 Å². The fourth-order valence-electron chi connectivity index (χ4n) is 4.32. The van der Waals surface area contributed by atoms with Gasteiger partial charge in [0.05, 0.1) is 23.9 Å². The molecule has 0 bridgehead atoms. The van der Waals surface area contributed by atoms with Crippen LogP contribution >= 0.6 is 0 Å². The second-order valence-corrected chi connectivity index (χ2v) is 8.06. The van der Waals surface area contributed by atoms with Crippen LogP contribution in [-0.4, -0.2) is 40.8 Å². The largest absolute Gasteiger partial charge is 0.466 e. The number of ether oxygens (including phenoxy) is 1. The average molecular weight is 367 g/mol. The average Bonchev–Trinajstić information content (AvgIpc) is 3.39. The molecule has 1 saturated carbocycles. The van der Waals surface area contributed by atoms with Crippen molar-refractivity contribution in [1.29, 1.82) is 0 Å². The molecule has 0 atom stereocenters. The van der Waals surface area contributed by atoms with Crippen LogP contribution in [0.5, 0.6) is 0 Å². The third-order valence-corrected chi connectivity index (χ3v) is 6.07. The second-order valence-electron chi connectivity index (χ2n) is 8.06. The van der Waals surface area contributed by atoms with E-state index in [0.717, 1.165) is 56.1 Å². The van der Waals surface area contributed by atoms with E-state index in [-0.39, 0.29) is 11.4 Å². The lowest BCUT2D eigenvalue weighted by molar-refractivity contribution is -0.159. The van der Waals surface area contributed by atoms with E-state index in [9.17, 15) is 4.79 Å². The van der Waals surface area contributed by atoms with Gasteiger partial charge in [-0.2, -0.15) is 5.10 Å². The molecule has 1 N–H and O–H groups in total. The van der Waals surface area contributed by atoms with Crippen molar-refractivity contribution >= 4 is 5.97 Å². The number of carbonyl (C=O) groups excluding carboxylic acids is 1. The Hall–Kier alpha value is -2.14. The summed E-state index contributed by atoms with van der Waals surface area (Å²) >= 11 is 0. The molecule has 2 aliphatic rings. The number of hydrogen-bond donors (Lipinski definition) is 1. The summed E-state index contributed by atoms with van der Waals surface area (Å²) in [4.78, 5) is 15.1. The fraction of sp³-hybridized carbons (Fsp3) is 0.545. The number of H-pyrrole nitrogens is 1. The zero-order valence-corrected chi connectivity index (χ0v) is 16.1. The van der Waals surface area contributed by atoms with E-state index in [1.54, 1.807) is 0 Å². The van der Waals surface area contributed by atoms with Crippen LogP contribution in [0.3, 0.4) is 0 Å². The predicted octanol–water partition coefficient (Wildman–Crippen LogP) is 4.02. The van der Waals surface area contributed by atoms with Crippen LogP contribution in [0, 0.1) is 11.3 Å². The van der Waals surface area contributed by atoms with Crippen molar-refractivity contribution in [2.75, 3.05) is 19.7 Å². The number of esters is 1. The standard InChI is InChI=1S/C22H29N3O2/c1-2-27-21(26)22(14-17-8-9-17)10-12-25(13-11-22)16-19-15-23-24-20(19)18-6-4-3-5-7-18/h3-7,15,17H,2,8-14,16H2,1H3,(H,23,24). The van der Waals surface area contributed by atoms with Gasteiger partial charge in [-0.15, -0.1) is 0 Å². The zero-order chi connectivity index (χ0) is 18.7. The number of nitrogens with zero attached hydrogens (tertiary/aromatic N) is 2. The molecular formula is C22H29N3O2. The third kappa shape index (κ3) is 4.08. The van der Waals surface area contributed by atoms with Gasteiger partial charge >= 0.3 is 5.97 Å². The minimum absolute atomic E-state index is 0.0323. The van der Waals surface area contributed by atoms with E-state index in [0.29, 0.717) is 6.61 Å². The molecular weight excluding hydrogens is 338 g/mol.